The van der Waals surface area contributed by atoms with Gasteiger partial charge in [0, 0.05) is 44.3 Å². The van der Waals surface area contributed by atoms with E-state index in [1.54, 1.807) is 0 Å². The second-order valence-corrected chi connectivity index (χ2v) is 5.78. The molecule has 21 heavy (non-hydrogen) atoms. The van der Waals surface area contributed by atoms with Crippen molar-refractivity contribution >= 4 is 0 Å². The summed E-state index contributed by atoms with van der Waals surface area (Å²) in [6.07, 6.45) is 1.06. The summed E-state index contributed by atoms with van der Waals surface area (Å²) in [7, 11) is 4.20. The molecule has 1 N–H and O–H groups in total. The molecule has 4 heteroatoms. The molecule has 1 aliphatic heterocycles. The minimum absolute atomic E-state index is 0.366. The molecule has 2 rings (SSSR count). The summed E-state index contributed by atoms with van der Waals surface area (Å²) in [6, 6.07) is 8.75. The average molecular weight is 291 g/mol. The first-order valence-corrected chi connectivity index (χ1v) is 8.04. The Morgan fingerprint density at radius 1 is 1.19 bits per heavy atom. The first kappa shape index (κ1) is 16.3. The largest absolute Gasteiger partial charge is 0.492 e. The van der Waals surface area contributed by atoms with Crippen LogP contribution in [0.15, 0.2) is 24.3 Å². The number of nitrogens with one attached hydrogen (secondary N) is 1. The monoisotopic (exact) mass is 291 g/mol. The zero-order valence-electron chi connectivity index (χ0n) is 13.6. The number of nitrogens with zero attached hydrogens (tertiary/aromatic N) is 2. The van der Waals surface area contributed by atoms with Crippen LogP contribution in [0.3, 0.4) is 0 Å². The maximum absolute atomic E-state index is 6.06. The van der Waals surface area contributed by atoms with Crippen molar-refractivity contribution in [3.8, 4) is 5.75 Å². The second kappa shape index (κ2) is 8.37. The number of hydrogen-bond acceptors (Lipinski definition) is 4. The van der Waals surface area contributed by atoms with E-state index in [1.807, 2.05) is 7.05 Å². The van der Waals surface area contributed by atoms with Gasteiger partial charge in [0.1, 0.15) is 12.4 Å². The van der Waals surface area contributed by atoms with E-state index in [0.717, 1.165) is 51.5 Å². The van der Waals surface area contributed by atoms with Crippen LogP contribution in [0.5, 0.6) is 5.75 Å². The minimum Gasteiger partial charge on any atom is -0.492 e. The van der Waals surface area contributed by atoms with Crippen molar-refractivity contribution in [1.29, 1.82) is 0 Å². The number of hydrogen-bond donors (Lipinski definition) is 1. The number of rotatable bonds is 7. The van der Waals surface area contributed by atoms with E-state index >= 15 is 0 Å². The van der Waals surface area contributed by atoms with E-state index < -0.39 is 0 Å². The Bertz CT molecular complexity index is 412. The van der Waals surface area contributed by atoms with Crippen LogP contribution in [0.2, 0.25) is 0 Å². The molecule has 0 amide bonds. The summed E-state index contributed by atoms with van der Waals surface area (Å²) in [5, 5.41) is 3.36. The fourth-order valence-corrected chi connectivity index (χ4v) is 2.84. The predicted octanol–water partition coefficient (Wildman–Crippen LogP) is 1.98. The van der Waals surface area contributed by atoms with Crippen LogP contribution in [0, 0.1) is 0 Å². The minimum atomic E-state index is 0.366. The van der Waals surface area contributed by atoms with Gasteiger partial charge < -0.3 is 15.0 Å². The molecule has 118 valence electrons. The van der Waals surface area contributed by atoms with Gasteiger partial charge in [-0.15, -0.1) is 0 Å². The number of ether oxygens (including phenoxy) is 1. The Labute approximate surface area is 129 Å². The molecule has 0 aliphatic carbocycles. The Morgan fingerprint density at radius 2 is 1.90 bits per heavy atom. The van der Waals surface area contributed by atoms with Gasteiger partial charge in [-0.3, -0.25) is 4.90 Å². The van der Waals surface area contributed by atoms with Gasteiger partial charge in [0.05, 0.1) is 0 Å². The highest BCUT2D eigenvalue weighted by molar-refractivity contribution is 5.35. The van der Waals surface area contributed by atoms with Crippen LogP contribution in [-0.2, 0) is 0 Å². The number of para-hydroxylation sites is 1. The maximum Gasteiger partial charge on any atom is 0.124 e. The zero-order chi connectivity index (χ0) is 15.1. The third-order valence-corrected chi connectivity index (χ3v) is 4.31. The molecule has 0 bridgehead atoms. The highest BCUT2D eigenvalue weighted by Crippen LogP contribution is 2.26. The fraction of sp³-hybridized carbons (Fsp3) is 0.647. The van der Waals surface area contributed by atoms with E-state index in [-0.39, 0.29) is 0 Å². The summed E-state index contributed by atoms with van der Waals surface area (Å²) in [5.41, 5.74) is 1.26. The molecular weight excluding hydrogens is 262 g/mol. The lowest BCUT2D eigenvalue weighted by molar-refractivity contribution is 0.133. The van der Waals surface area contributed by atoms with Crippen LogP contribution in [0.25, 0.3) is 0 Å². The third-order valence-electron chi connectivity index (χ3n) is 4.31. The van der Waals surface area contributed by atoms with E-state index in [4.69, 9.17) is 4.74 Å². The van der Waals surface area contributed by atoms with E-state index in [0.29, 0.717) is 6.04 Å². The molecule has 1 atom stereocenters. The van der Waals surface area contributed by atoms with Gasteiger partial charge in [0.15, 0.2) is 0 Å². The SMILES string of the molecule is CCC(NC)c1ccccc1OCCN1CCN(C)CC1. The molecule has 0 saturated carbocycles. The Morgan fingerprint density at radius 3 is 2.57 bits per heavy atom. The van der Waals surface area contributed by atoms with Crippen molar-refractivity contribution in [2.24, 2.45) is 0 Å². The molecule has 0 radical (unpaired) electrons. The average Bonchev–Trinajstić information content (AvgIpc) is 2.52. The summed E-state index contributed by atoms with van der Waals surface area (Å²) >= 11 is 0. The van der Waals surface area contributed by atoms with Crippen LogP contribution in [0.1, 0.15) is 24.9 Å². The first-order valence-electron chi connectivity index (χ1n) is 8.04. The van der Waals surface area contributed by atoms with Gasteiger partial charge in [-0.1, -0.05) is 25.1 Å². The summed E-state index contributed by atoms with van der Waals surface area (Å²) in [4.78, 5) is 4.86. The topological polar surface area (TPSA) is 27.7 Å². The molecule has 0 spiro atoms. The van der Waals surface area contributed by atoms with Gasteiger partial charge in [-0.2, -0.15) is 0 Å². The van der Waals surface area contributed by atoms with E-state index in [9.17, 15) is 0 Å². The van der Waals surface area contributed by atoms with Gasteiger partial charge >= 0.3 is 0 Å². The fourth-order valence-electron chi connectivity index (χ4n) is 2.84. The van der Waals surface area contributed by atoms with Gasteiger partial charge in [-0.25, -0.2) is 0 Å². The molecule has 4 nitrogen and oxygen atoms in total. The van der Waals surface area contributed by atoms with Crippen molar-refractivity contribution in [2.75, 3.05) is 53.4 Å². The summed E-state index contributed by atoms with van der Waals surface area (Å²) in [6.45, 7) is 8.59. The molecule has 1 heterocycles. The van der Waals surface area contributed by atoms with Crippen molar-refractivity contribution in [2.45, 2.75) is 19.4 Å². The number of likely N-dealkylation sites (N-methyl/N-ethyl adjacent to an activating group) is 1. The first-order chi connectivity index (χ1) is 10.2. The van der Waals surface area contributed by atoms with E-state index in [2.05, 4.69) is 53.4 Å². The normalized spacial score (nSPS) is 18.6. The van der Waals surface area contributed by atoms with Crippen molar-refractivity contribution in [3.05, 3.63) is 29.8 Å². The van der Waals surface area contributed by atoms with Crippen LogP contribution in [-0.4, -0.2) is 63.2 Å². The van der Waals surface area contributed by atoms with Crippen LogP contribution in [0.4, 0.5) is 0 Å². The number of piperazine rings is 1. The lowest BCUT2D eigenvalue weighted by Crippen LogP contribution is -2.45. The lowest BCUT2D eigenvalue weighted by atomic mass is 10.0. The van der Waals surface area contributed by atoms with Crippen LogP contribution < -0.4 is 10.1 Å². The molecule has 1 unspecified atom stereocenters. The predicted molar refractivity (Wildman–Crippen MR) is 88.0 cm³/mol. The third kappa shape index (κ3) is 4.70. The maximum atomic E-state index is 6.06. The smallest absolute Gasteiger partial charge is 0.124 e. The quantitative estimate of drug-likeness (QED) is 0.831. The van der Waals surface area contributed by atoms with E-state index in [1.165, 1.54) is 5.56 Å². The molecule has 1 fully saturated rings. The van der Waals surface area contributed by atoms with Gasteiger partial charge in [-0.05, 0) is 26.6 Å². The van der Waals surface area contributed by atoms with Crippen molar-refractivity contribution < 1.29 is 4.74 Å². The van der Waals surface area contributed by atoms with Crippen molar-refractivity contribution in [3.63, 3.8) is 0 Å². The molecule has 0 aromatic heterocycles. The molecule has 1 aromatic rings. The van der Waals surface area contributed by atoms with Crippen LogP contribution >= 0.6 is 0 Å². The second-order valence-electron chi connectivity index (χ2n) is 5.78. The number of benzene rings is 1. The Kier molecular flexibility index (Phi) is 6.49. The summed E-state index contributed by atoms with van der Waals surface area (Å²) < 4.78 is 6.06. The molecule has 1 aromatic carbocycles. The lowest BCUT2D eigenvalue weighted by Gasteiger charge is -2.32. The standard InChI is InChI=1S/C17H29N3O/c1-4-16(18-2)15-7-5-6-8-17(15)21-14-13-20-11-9-19(3)10-12-20/h5-8,16,18H,4,9-14H2,1-3H3. The highest BCUT2D eigenvalue weighted by Gasteiger charge is 2.15. The van der Waals surface area contributed by atoms with Gasteiger partial charge in [0.25, 0.3) is 0 Å². The highest BCUT2D eigenvalue weighted by atomic mass is 16.5. The zero-order valence-corrected chi connectivity index (χ0v) is 13.6. The van der Waals surface area contributed by atoms with Gasteiger partial charge in [0.2, 0.25) is 0 Å². The molecule has 1 saturated heterocycles. The Balaban J connectivity index is 1.85. The molecular formula is C17H29N3O. The van der Waals surface area contributed by atoms with Crippen molar-refractivity contribution in [1.82, 2.24) is 15.1 Å². The Hall–Kier alpha value is -1.10. The molecule has 1 aliphatic rings. The summed E-state index contributed by atoms with van der Waals surface area (Å²) in [5.74, 6) is 1.02.